The van der Waals surface area contributed by atoms with E-state index in [1.165, 1.54) is 24.7 Å². The van der Waals surface area contributed by atoms with E-state index in [9.17, 15) is 25.5 Å². The Morgan fingerprint density at radius 2 is 2.00 bits per heavy atom. The molecule has 0 unspecified atom stereocenters. The molecule has 0 atom stereocenters. The summed E-state index contributed by atoms with van der Waals surface area (Å²) in [5, 5.41) is 32.3. The number of methoxy groups -OCH3 is 1. The van der Waals surface area contributed by atoms with Crippen molar-refractivity contribution in [3.8, 4) is 11.8 Å². The van der Waals surface area contributed by atoms with Crippen LogP contribution in [0.15, 0.2) is 17.1 Å². The van der Waals surface area contributed by atoms with Gasteiger partial charge in [0.2, 0.25) is 5.75 Å². The quantitative estimate of drug-likeness (QED) is 0.432. The average Bonchev–Trinajstić information content (AvgIpc) is 3.02. The third-order valence-corrected chi connectivity index (χ3v) is 5.48. The van der Waals surface area contributed by atoms with Gasteiger partial charge in [-0.1, -0.05) is 0 Å². The fraction of sp³-hybridized carbons (Fsp3) is 0.294. The van der Waals surface area contributed by atoms with Crippen molar-refractivity contribution in [1.29, 1.82) is 5.26 Å². The lowest BCUT2D eigenvalue weighted by molar-refractivity contribution is -0.394. The highest BCUT2D eigenvalue weighted by Crippen LogP contribution is 2.40. The monoisotopic (exact) mass is 386 g/mol. The van der Waals surface area contributed by atoms with Crippen molar-refractivity contribution in [2.45, 2.75) is 25.7 Å². The number of fused-ring (bicyclic) bond motifs is 1. The lowest BCUT2D eigenvalue weighted by Crippen LogP contribution is -2.00. The van der Waals surface area contributed by atoms with Gasteiger partial charge in [0.1, 0.15) is 11.1 Å². The molecule has 1 aromatic carbocycles. The molecule has 1 aromatic heterocycles. The molecule has 3 rings (SSSR count). The molecule has 1 aliphatic rings. The van der Waals surface area contributed by atoms with Gasteiger partial charge < -0.3 is 4.74 Å². The Bertz CT molecular complexity index is 1010. The van der Waals surface area contributed by atoms with Gasteiger partial charge in [-0.05, 0) is 31.2 Å². The molecule has 27 heavy (non-hydrogen) atoms. The van der Waals surface area contributed by atoms with Crippen molar-refractivity contribution in [2.24, 2.45) is 4.99 Å². The number of hydrogen-bond acceptors (Lipinski definition) is 8. The summed E-state index contributed by atoms with van der Waals surface area (Å²) in [5.74, 6) is -0.117. The number of non-ortho nitro benzene ring substituents is 1. The molecule has 0 spiro atoms. The molecule has 0 aliphatic heterocycles. The Balaban J connectivity index is 2.10. The summed E-state index contributed by atoms with van der Waals surface area (Å²) in [7, 11) is 1.25. The van der Waals surface area contributed by atoms with Crippen LogP contribution in [0, 0.1) is 31.6 Å². The maximum Gasteiger partial charge on any atom is 0.318 e. The van der Waals surface area contributed by atoms with Crippen molar-refractivity contribution in [3.05, 3.63) is 53.9 Å². The first-order chi connectivity index (χ1) is 13.0. The fourth-order valence-corrected chi connectivity index (χ4v) is 4.25. The molecule has 138 valence electrons. The Hall–Kier alpha value is -3.32. The van der Waals surface area contributed by atoms with E-state index in [4.69, 9.17) is 4.74 Å². The van der Waals surface area contributed by atoms with Gasteiger partial charge in [0.25, 0.3) is 5.69 Å². The predicted molar refractivity (Wildman–Crippen MR) is 99.2 cm³/mol. The summed E-state index contributed by atoms with van der Waals surface area (Å²) in [6.07, 6.45) is 5.08. The average molecular weight is 386 g/mol. The number of benzene rings is 1. The van der Waals surface area contributed by atoms with E-state index in [1.54, 1.807) is 0 Å². The van der Waals surface area contributed by atoms with Crippen LogP contribution in [0.1, 0.15) is 34.4 Å². The summed E-state index contributed by atoms with van der Waals surface area (Å²) in [4.78, 5) is 26.3. The van der Waals surface area contributed by atoms with Crippen LogP contribution >= 0.6 is 11.3 Å². The smallest absolute Gasteiger partial charge is 0.318 e. The number of nitriles is 1. The molecular weight excluding hydrogens is 372 g/mol. The van der Waals surface area contributed by atoms with E-state index in [-0.39, 0.29) is 11.3 Å². The summed E-state index contributed by atoms with van der Waals surface area (Å²) in [6.45, 7) is 0. The predicted octanol–water partition coefficient (Wildman–Crippen LogP) is 4.07. The molecule has 2 aromatic rings. The fourth-order valence-electron chi connectivity index (χ4n) is 3.07. The van der Waals surface area contributed by atoms with Gasteiger partial charge in [0.05, 0.1) is 28.6 Å². The lowest BCUT2D eigenvalue weighted by atomic mass is 9.96. The van der Waals surface area contributed by atoms with Crippen LogP contribution in [0.2, 0.25) is 0 Å². The third kappa shape index (κ3) is 3.50. The van der Waals surface area contributed by atoms with Crippen molar-refractivity contribution in [1.82, 2.24) is 0 Å². The highest BCUT2D eigenvalue weighted by atomic mass is 32.1. The minimum atomic E-state index is -0.742. The second kappa shape index (κ2) is 7.51. The van der Waals surface area contributed by atoms with Crippen molar-refractivity contribution in [3.63, 3.8) is 0 Å². The SMILES string of the molecule is COc1c(C=Nc2sc3c(c2C#N)CCCC3)cc([N+](=O)[O-])cc1[N+](=O)[O-]. The van der Waals surface area contributed by atoms with Crippen LogP contribution < -0.4 is 4.74 Å². The maximum absolute atomic E-state index is 11.2. The number of aliphatic imine (C=N–C) groups is 1. The van der Waals surface area contributed by atoms with Crippen LogP contribution in [-0.4, -0.2) is 23.2 Å². The van der Waals surface area contributed by atoms with E-state index in [1.807, 2.05) is 0 Å². The van der Waals surface area contributed by atoms with E-state index in [0.717, 1.165) is 48.3 Å². The molecule has 0 fully saturated rings. The molecule has 1 heterocycles. The van der Waals surface area contributed by atoms with Gasteiger partial charge >= 0.3 is 5.69 Å². The molecule has 10 heteroatoms. The number of rotatable bonds is 5. The molecule has 0 amide bonds. The summed E-state index contributed by atoms with van der Waals surface area (Å²) >= 11 is 1.41. The zero-order valence-electron chi connectivity index (χ0n) is 14.3. The zero-order valence-corrected chi connectivity index (χ0v) is 15.1. The number of thiophene rings is 1. The van der Waals surface area contributed by atoms with Crippen molar-refractivity contribution in [2.75, 3.05) is 7.11 Å². The summed E-state index contributed by atoms with van der Waals surface area (Å²) < 4.78 is 5.08. The van der Waals surface area contributed by atoms with Gasteiger partial charge in [-0.15, -0.1) is 11.3 Å². The molecule has 0 bridgehead atoms. The van der Waals surface area contributed by atoms with Crippen LogP contribution in [-0.2, 0) is 12.8 Å². The summed E-state index contributed by atoms with van der Waals surface area (Å²) in [5.41, 5.74) is 0.672. The van der Waals surface area contributed by atoms with Crippen LogP contribution in [0.3, 0.4) is 0 Å². The van der Waals surface area contributed by atoms with Gasteiger partial charge in [-0.3, -0.25) is 20.2 Å². The van der Waals surface area contributed by atoms with Gasteiger partial charge in [0.15, 0.2) is 0 Å². The number of ether oxygens (including phenoxy) is 1. The summed E-state index contributed by atoms with van der Waals surface area (Å²) in [6, 6.07) is 4.19. The Morgan fingerprint density at radius 3 is 2.63 bits per heavy atom. The Kier molecular flexibility index (Phi) is 5.14. The van der Waals surface area contributed by atoms with Crippen molar-refractivity contribution >= 4 is 33.9 Å². The number of hydrogen-bond donors (Lipinski definition) is 0. The molecule has 0 N–H and O–H groups in total. The first kappa shape index (κ1) is 18.5. The first-order valence-electron chi connectivity index (χ1n) is 8.05. The van der Waals surface area contributed by atoms with Gasteiger partial charge in [0, 0.05) is 22.7 Å². The standard InChI is InChI=1S/C17H14N4O5S/c1-26-16-10(6-11(20(22)23)7-14(16)21(24)25)9-19-17-13(8-18)12-4-2-3-5-15(12)27-17/h6-7,9H,2-5H2,1H3. The Morgan fingerprint density at radius 1 is 1.26 bits per heavy atom. The third-order valence-electron chi connectivity index (χ3n) is 4.28. The highest BCUT2D eigenvalue weighted by Gasteiger charge is 2.25. The van der Waals surface area contributed by atoms with E-state index in [0.29, 0.717) is 10.6 Å². The molecule has 0 saturated carbocycles. The molecular formula is C17H14N4O5S. The number of aryl methyl sites for hydroxylation is 1. The van der Waals surface area contributed by atoms with E-state index in [2.05, 4.69) is 11.1 Å². The van der Waals surface area contributed by atoms with Crippen LogP contribution in [0.4, 0.5) is 16.4 Å². The molecule has 1 aliphatic carbocycles. The molecule has 9 nitrogen and oxygen atoms in total. The highest BCUT2D eigenvalue weighted by molar-refractivity contribution is 7.16. The molecule has 0 radical (unpaired) electrons. The van der Waals surface area contributed by atoms with Crippen LogP contribution in [0.5, 0.6) is 5.75 Å². The maximum atomic E-state index is 11.2. The largest absolute Gasteiger partial charge is 0.490 e. The number of nitrogens with zero attached hydrogens (tertiary/aromatic N) is 4. The number of nitro benzene ring substituents is 2. The first-order valence-corrected chi connectivity index (χ1v) is 8.87. The topological polar surface area (TPSA) is 132 Å². The molecule has 0 saturated heterocycles. The normalized spacial score (nSPS) is 13.2. The van der Waals surface area contributed by atoms with Gasteiger partial charge in [-0.25, -0.2) is 4.99 Å². The second-order valence-electron chi connectivity index (χ2n) is 5.86. The van der Waals surface area contributed by atoms with Crippen molar-refractivity contribution < 1.29 is 14.6 Å². The lowest BCUT2D eigenvalue weighted by Gasteiger charge is -2.09. The Labute approximate surface area is 157 Å². The minimum absolute atomic E-state index is 0.105. The van der Waals surface area contributed by atoms with E-state index < -0.39 is 21.2 Å². The zero-order chi connectivity index (χ0) is 19.6. The van der Waals surface area contributed by atoms with Gasteiger partial charge in [-0.2, -0.15) is 5.26 Å². The second-order valence-corrected chi connectivity index (χ2v) is 6.95. The van der Waals surface area contributed by atoms with Crippen LogP contribution in [0.25, 0.3) is 0 Å². The minimum Gasteiger partial charge on any atom is -0.490 e. The number of nitro groups is 2. The van der Waals surface area contributed by atoms with E-state index >= 15 is 0 Å².